The number of aryl methyl sites for hydroxylation is 1. The fraction of sp³-hybridized carbons (Fsp3) is 0.115. The second-order valence-electron chi connectivity index (χ2n) is 6.89. The lowest BCUT2D eigenvalue weighted by atomic mass is 10.2. The number of esters is 3. The van der Waals surface area contributed by atoms with E-state index < -0.39 is 17.9 Å². The molecule has 8 nitrogen and oxygen atoms in total. The zero-order valence-electron chi connectivity index (χ0n) is 18.6. The Balaban J connectivity index is 1.57. The topological polar surface area (TPSA) is 97.4 Å². The third-order valence-electron chi connectivity index (χ3n) is 4.57. The molecular formula is C26H22O8. The van der Waals surface area contributed by atoms with E-state index in [-0.39, 0.29) is 6.79 Å². The smallest absolute Gasteiger partial charge is 0.343 e. The predicted octanol–water partition coefficient (Wildman–Crippen LogP) is 4.51. The number of carbonyl (C=O) groups excluding carboxylic acids is 3. The van der Waals surface area contributed by atoms with E-state index in [2.05, 4.69) is 6.58 Å². The van der Waals surface area contributed by atoms with Gasteiger partial charge in [-0.3, -0.25) is 0 Å². The first-order valence-corrected chi connectivity index (χ1v) is 10.1. The number of rotatable bonds is 9. The summed E-state index contributed by atoms with van der Waals surface area (Å²) in [7, 11) is 1.54. The lowest BCUT2D eigenvalue weighted by molar-refractivity contribution is -0.144. The van der Waals surface area contributed by atoms with Gasteiger partial charge in [-0.15, -0.1) is 0 Å². The summed E-state index contributed by atoms with van der Waals surface area (Å²) >= 11 is 0. The van der Waals surface area contributed by atoms with Crippen molar-refractivity contribution in [2.24, 2.45) is 0 Å². The van der Waals surface area contributed by atoms with E-state index in [4.69, 9.17) is 23.7 Å². The van der Waals surface area contributed by atoms with Crippen molar-refractivity contribution < 1.29 is 38.1 Å². The molecule has 0 amide bonds. The van der Waals surface area contributed by atoms with Crippen LogP contribution in [0.15, 0.2) is 79.4 Å². The largest absolute Gasteiger partial charge is 0.497 e. The third-order valence-corrected chi connectivity index (χ3v) is 4.57. The van der Waals surface area contributed by atoms with E-state index in [0.717, 1.165) is 6.08 Å². The molecular weight excluding hydrogens is 440 g/mol. The van der Waals surface area contributed by atoms with Gasteiger partial charge in [0.15, 0.2) is 0 Å². The van der Waals surface area contributed by atoms with Crippen LogP contribution in [0.1, 0.15) is 26.3 Å². The number of ether oxygens (including phenoxy) is 5. The first-order chi connectivity index (χ1) is 16.4. The van der Waals surface area contributed by atoms with Crippen molar-refractivity contribution in [3.05, 3.63) is 96.1 Å². The summed E-state index contributed by atoms with van der Waals surface area (Å²) < 4.78 is 25.9. The molecule has 0 bridgehead atoms. The van der Waals surface area contributed by atoms with Gasteiger partial charge in [-0.25, -0.2) is 14.4 Å². The zero-order chi connectivity index (χ0) is 24.5. The molecule has 0 spiro atoms. The predicted molar refractivity (Wildman–Crippen MR) is 122 cm³/mol. The molecule has 0 saturated carbocycles. The van der Waals surface area contributed by atoms with Gasteiger partial charge in [0.1, 0.15) is 23.0 Å². The molecule has 0 aromatic heterocycles. The number of hydrogen-bond acceptors (Lipinski definition) is 8. The van der Waals surface area contributed by atoms with Gasteiger partial charge in [0, 0.05) is 6.08 Å². The van der Waals surface area contributed by atoms with Crippen molar-refractivity contribution in [3.8, 4) is 23.0 Å². The lowest BCUT2D eigenvalue weighted by Crippen LogP contribution is -2.11. The van der Waals surface area contributed by atoms with E-state index in [9.17, 15) is 14.4 Å². The molecule has 0 saturated heterocycles. The fourth-order valence-electron chi connectivity index (χ4n) is 2.75. The highest BCUT2D eigenvalue weighted by Crippen LogP contribution is 2.25. The highest BCUT2D eigenvalue weighted by Gasteiger charge is 2.13. The van der Waals surface area contributed by atoms with Gasteiger partial charge in [-0.05, 0) is 79.2 Å². The van der Waals surface area contributed by atoms with Crippen LogP contribution in [0.5, 0.6) is 23.0 Å². The highest BCUT2D eigenvalue weighted by atomic mass is 16.7. The SMILES string of the molecule is C=CC(=O)OCOc1ccc(C(=O)Oc2ccc(OC(=O)c3ccc(OC)cc3)c(C)c2)cc1. The standard InChI is InChI=1S/C26H22O8/c1-4-24(27)32-16-31-21-11-7-18(8-12-21)25(28)33-22-13-14-23(17(2)15-22)34-26(29)19-5-9-20(30-3)10-6-19/h4-15H,1,16H2,2-3H3. The fourth-order valence-corrected chi connectivity index (χ4v) is 2.75. The Hall–Kier alpha value is -4.59. The van der Waals surface area contributed by atoms with Crippen molar-refractivity contribution in [2.45, 2.75) is 6.92 Å². The molecule has 0 aliphatic rings. The van der Waals surface area contributed by atoms with Gasteiger partial charge in [-0.1, -0.05) is 6.58 Å². The van der Waals surface area contributed by atoms with E-state index in [0.29, 0.717) is 39.7 Å². The van der Waals surface area contributed by atoms with Crippen LogP contribution in [0.3, 0.4) is 0 Å². The molecule has 0 unspecified atom stereocenters. The van der Waals surface area contributed by atoms with Gasteiger partial charge in [0.05, 0.1) is 18.2 Å². The Kier molecular flexibility index (Phi) is 8.02. The summed E-state index contributed by atoms with van der Waals surface area (Å²) in [6, 6.07) is 17.4. The quantitative estimate of drug-likeness (QED) is 0.198. The first kappa shape index (κ1) is 24.1. The molecule has 3 aromatic carbocycles. The van der Waals surface area contributed by atoms with Crippen LogP contribution >= 0.6 is 0 Å². The van der Waals surface area contributed by atoms with Crippen LogP contribution in [0, 0.1) is 6.92 Å². The van der Waals surface area contributed by atoms with Gasteiger partial charge in [0.25, 0.3) is 0 Å². The molecule has 34 heavy (non-hydrogen) atoms. The van der Waals surface area contributed by atoms with Crippen LogP contribution < -0.4 is 18.9 Å². The molecule has 0 radical (unpaired) electrons. The Labute approximate surface area is 196 Å². The number of methoxy groups -OCH3 is 1. The van der Waals surface area contributed by atoms with E-state index in [1.807, 2.05) is 0 Å². The lowest BCUT2D eigenvalue weighted by Gasteiger charge is -2.10. The number of hydrogen-bond donors (Lipinski definition) is 0. The van der Waals surface area contributed by atoms with Crippen molar-refractivity contribution in [1.29, 1.82) is 0 Å². The van der Waals surface area contributed by atoms with Gasteiger partial charge in [-0.2, -0.15) is 0 Å². The van der Waals surface area contributed by atoms with Crippen molar-refractivity contribution in [1.82, 2.24) is 0 Å². The Morgan fingerprint density at radius 1 is 0.794 bits per heavy atom. The monoisotopic (exact) mass is 462 g/mol. The second kappa shape index (κ2) is 11.3. The molecule has 0 aliphatic carbocycles. The van der Waals surface area contributed by atoms with Crippen LogP contribution in [0.4, 0.5) is 0 Å². The average Bonchev–Trinajstić information content (AvgIpc) is 2.86. The third kappa shape index (κ3) is 6.46. The number of carbonyl (C=O) groups is 3. The van der Waals surface area contributed by atoms with Gasteiger partial charge < -0.3 is 23.7 Å². The molecule has 0 fully saturated rings. The van der Waals surface area contributed by atoms with Crippen LogP contribution in [-0.2, 0) is 9.53 Å². The average molecular weight is 462 g/mol. The summed E-state index contributed by atoms with van der Waals surface area (Å²) in [5.74, 6) is -0.00820. The van der Waals surface area contributed by atoms with Crippen LogP contribution in [0.2, 0.25) is 0 Å². The Bertz CT molecular complexity index is 1180. The van der Waals surface area contributed by atoms with Crippen LogP contribution in [0.25, 0.3) is 0 Å². The van der Waals surface area contributed by atoms with E-state index >= 15 is 0 Å². The summed E-state index contributed by atoms with van der Waals surface area (Å²) in [5.41, 5.74) is 1.29. The Morgan fingerprint density at radius 2 is 1.35 bits per heavy atom. The van der Waals surface area contributed by atoms with Crippen LogP contribution in [-0.4, -0.2) is 31.8 Å². The zero-order valence-corrected chi connectivity index (χ0v) is 18.6. The summed E-state index contributed by atoms with van der Waals surface area (Å²) in [4.78, 5) is 35.8. The number of benzene rings is 3. The van der Waals surface area contributed by atoms with Crippen molar-refractivity contribution in [2.75, 3.05) is 13.9 Å². The molecule has 3 aromatic rings. The van der Waals surface area contributed by atoms with Crippen molar-refractivity contribution in [3.63, 3.8) is 0 Å². The first-order valence-electron chi connectivity index (χ1n) is 10.1. The Morgan fingerprint density at radius 3 is 1.91 bits per heavy atom. The van der Waals surface area contributed by atoms with Gasteiger partial charge in [0.2, 0.25) is 6.79 Å². The minimum atomic E-state index is -0.600. The van der Waals surface area contributed by atoms with Gasteiger partial charge >= 0.3 is 17.9 Å². The van der Waals surface area contributed by atoms with Crippen molar-refractivity contribution >= 4 is 17.9 Å². The summed E-state index contributed by atoms with van der Waals surface area (Å²) in [5, 5.41) is 0. The summed E-state index contributed by atoms with van der Waals surface area (Å²) in [6.07, 6.45) is 1.03. The minimum Gasteiger partial charge on any atom is -0.497 e. The minimum absolute atomic E-state index is 0.274. The maximum Gasteiger partial charge on any atom is 0.343 e. The summed E-state index contributed by atoms with van der Waals surface area (Å²) in [6.45, 7) is 4.75. The molecule has 0 N–H and O–H groups in total. The molecule has 0 atom stereocenters. The maximum absolute atomic E-state index is 12.4. The maximum atomic E-state index is 12.4. The second-order valence-corrected chi connectivity index (χ2v) is 6.89. The van der Waals surface area contributed by atoms with E-state index in [1.54, 1.807) is 62.6 Å². The van der Waals surface area contributed by atoms with E-state index in [1.165, 1.54) is 18.2 Å². The highest BCUT2D eigenvalue weighted by molar-refractivity contribution is 5.92. The molecule has 0 aliphatic heterocycles. The molecule has 3 rings (SSSR count). The molecule has 0 heterocycles. The molecule has 8 heteroatoms. The normalized spacial score (nSPS) is 10.1. The molecule has 174 valence electrons.